The lowest BCUT2D eigenvalue weighted by molar-refractivity contribution is 0.0951. The third-order valence-corrected chi connectivity index (χ3v) is 5.22. The van der Waals surface area contributed by atoms with Crippen LogP contribution in [-0.4, -0.2) is 24.9 Å². The quantitative estimate of drug-likeness (QED) is 0.628. The number of hydrogen-bond acceptors (Lipinski definition) is 3. The maximum Gasteiger partial charge on any atom is 0.261 e. The molecule has 1 aromatic heterocycles. The van der Waals surface area contributed by atoms with Gasteiger partial charge in [0.25, 0.3) is 11.8 Å². The predicted octanol–water partition coefficient (Wildman–Crippen LogP) is 3.69. The number of thiophene rings is 1. The average molecular weight is 378 g/mol. The number of rotatable bonds is 8. The van der Waals surface area contributed by atoms with E-state index >= 15 is 0 Å². The lowest BCUT2D eigenvalue weighted by Crippen LogP contribution is -2.25. The second-order valence-corrected chi connectivity index (χ2v) is 7.23. The van der Waals surface area contributed by atoms with E-state index in [1.807, 2.05) is 60.7 Å². The van der Waals surface area contributed by atoms with Crippen LogP contribution in [0.15, 0.2) is 72.8 Å². The fourth-order valence-electron chi connectivity index (χ4n) is 2.69. The van der Waals surface area contributed by atoms with E-state index < -0.39 is 0 Å². The van der Waals surface area contributed by atoms with Gasteiger partial charge >= 0.3 is 0 Å². The average Bonchev–Trinajstić information content (AvgIpc) is 3.20. The van der Waals surface area contributed by atoms with Crippen molar-refractivity contribution < 1.29 is 9.59 Å². The SMILES string of the molecule is O=C(NCCc1ccccc1)c1ccc(C(=O)NCCc2ccccc2)s1. The van der Waals surface area contributed by atoms with Gasteiger partial charge in [0, 0.05) is 13.1 Å². The van der Waals surface area contributed by atoms with Crippen molar-refractivity contribution in [3.05, 3.63) is 93.7 Å². The van der Waals surface area contributed by atoms with Crippen LogP contribution in [0.25, 0.3) is 0 Å². The van der Waals surface area contributed by atoms with E-state index in [1.54, 1.807) is 12.1 Å². The zero-order chi connectivity index (χ0) is 18.9. The first-order valence-corrected chi connectivity index (χ1v) is 9.78. The van der Waals surface area contributed by atoms with Crippen LogP contribution < -0.4 is 10.6 Å². The lowest BCUT2D eigenvalue weighted by Gasteiger charge is -2.04. The van der Waals surface area contributed by atoms with Crippen molar-refractivity contribution in [3.8, 4) is 0 Å². The Balaban J connectivity index is 1.44. The molecule has 0 atom stereocenters. The molecule has 0 spiro atoms. The van der Waals surface area contributed by atoms with Crippen LogP contribution in [0.4, 0.5) is 0 Å². The largest absolute Gasteiger partial charge is 0.351 e. The Labute approximate surface area is 163 Å². The van der Waals surface area contributed by atoms with Crippen LogP contribution in [0, 0.1) is 0 Å². The van der Waals surface area contributed by atoms with Crippen LogP contribution >= 0.6 is 11.3 Å². The van der Waals surface area contributed by atoms with Gasteiger partial charge in [-0.25, -0.2) is 0 Å². The van der Waals surface area contributed by atoms with Crippen molar-refractivity contribution in [1.82, 2.24) is 10.6 Å². The molecule has 1 heterocycles. The molecule has 0 radical (unpaired) electrons. The normalized spacial score (nSPS) is 10.4. The van der Waals surface area contributed by atoms with Gasteiger partial charge in [0.15, 0.2) is 0 Å². The minimum atomic E-state index is -0.140. The summed E-state index contributed by atoms with van der Waals surface area (Å²) < 4.78 is 0. The van der Waals surface area contributed by atoms with Crippen LogP contribution in [0.2, 0.25) is 0 Å². The molecule has 138 valence electrons. The first-order chi connectivity index (χ1) is 13.2. The lowest BCUT2D eigenvalue weighted by atomic mass is 10.1. The van der Waals surface area contributed by atoms with Crippen molar-refractivity contribution in [3.63, 3.8) is 0 Å². The fourth-order valence-corrected chi connectivity index (χ4v) is 3.53. The summed E-state index contributed by atoms with van der Waals surface area (Å²) in [6, 6.07) is 23.4. The van der Waals surface area contributed by atoms with Gasteiger partial charge in [-0.1, -0.05) is 60.7 Å². The number of hydrogen-bond donors (Lipinski definition) is 2. The van der Waals surface area contributed by atoms with Crippen molar-refractivity contribution in [2.75, 3.05) is 13.1 Å². The Kier molecular flexibility index (Phi) is 6.77. The molecule has 5 heteroatoms. The Bertz CT molecular complexity index is 804. The molecule has 27 heavy (non-hydrogen) atoms. The minimum Gasteiger partial charge on any atom is -0.351 e. The first-order valence-electron chi connectivity index (χ1n) is 8.96. The van der Waals surface area contributed by atoms with Gasteiger partial charge in [-0.05, 0) is 36.1 Å². The third kappa shape index (κ3) is 5.79. The number of carbonyl (C=O) groups excluding carboxylic acids is 2. The van der Waals surface area contributed by atoms with Crippen LogP contribution in [0.1, 0.15) is 30.5 Å². The second kappa shape index (κ2) is 9.69. The summed E-state index contributed by atoms with van der Waals surface area (Å²) in [6.07, 6.45) is 1.57. The molecular formula is C22H22N2O2S. The Hall–Kier alpha value is -2.92. The van der Waals surface area contributed by atoms with Crippen LogP contribution in [0.3, 0.4) is 0 Å². The van der Waals surface area contributed by atoms with E-state index in [1.165, 1.54) is 22.5 Å². The summed E-state index contributed by atoms with van der Waals surface area (Å²) >= 11 is 1.22. The smallest absolute Gasteiger partial charge is 0.261 e. The van der Waals surface area contributed by atoms with Gasteiger partial charge in [-0.15, -0.1) is 11.3 Å². The summed E-state index contributed by atoms with van der Waals surface area (Å²) in [4.78, 5) is 25.6. The molecule has 4 nitrogen and oxygen atoms in total. The van der Waals surface area contributed by atoms with E-state index in [4.69, 9.17) is 0 Å². The second-order valence-electron chi connectivity index (χ2n) is 6.15. The molecule has 0 unspecified atom stereocenters. The molecule has 2 aromatic carbocycles. The van der Waals surface area contributed by atoms with Crippen molar-refractivity contribution >= 4 is 23.2 Å². The maximum atomic E-state index is 12.2. The Morgan fingerprint density at radius 1 is 0.630 bits per heavy atom. The molecule has 0 aliphatic heterocycles. The number of amides is 2. The summed E-state index contributed by atoms with van der Waals surface area (Å²) in [5.74, 6) is -0.279. The molecule has 0 saturated carbocycles. The Morgan fingerprint density at radius 3 is 1.44 bits per heavy atom. The molecule has 0 saturated heterocycles. The minimum absolute atomic E-state index is 0.140. The van der Waals surface area contributed by atoms with Crippen LogP contribution in [-0.2, 0) is 12.8 Å². The maximum absolute atomic E-state index is 12.2. The molecule has 0 aliphatic carbocycles. The molecule has 3 rings (SSSR count). The van der Waals surface area contributed by atoms with Gasteiger partial charge in [0.1, 0.15) is 0 Å². The zero-order valence-corrected chi connectivity index (χ0v) is 15.8. The van der Waals surface area contributed by atoms with E-state index in [2.05, 4.69) is 10.6 Å². The van der Waals surface area contributed by atoms with Gasteiger partial charge < -0.3 is 10.6 Å². The molecular weight excluding hydrogens is 356 g/mol. The fraction of sp³-hybridized carbons (Fsp3) is 0.182. The molecule has 2 N–H and O–H groups in total. The van der Waals surface area contributed by atoms with Crippen molar-refractivity contribution in [1.29, 1.82) is 0 Å². The molecule has 3 aromatic rings. The van der Waals surface area contributed by atoms with Gasteiger partial charge in [-0.2, -0.15) is 0 Å². The number of carbonyl (C=O) groups is 2. The highest BCUT2D eigenvalue weighted by Crippen LogP contribution is 2.16. The molecule has 0 fully saturated rings. The first kappa shape index (κ1) is 18.9. The highest BCUT2D eigenvalue weighted by molar-refractivity contribution is 7.15. The van der Waals surface area contributed by atoms with E-state index in [9.17, 15) is 9.59 Å². The summed E-state index contributed by atoms with van der Waals surface area (Å²) in [5.41, 5.74) is 2.37. The zero-order valence-electron chi connectivity index (χ0n) is 15.0. The Morgan fingerprint density at radius 2 is 1.04 bits per heavy atom. The van der Waals surface area contributed by atoms with Gasteiger partial charge in [0.05, 0.1) is 9.75 Å². The van der Waals surface area contributed by atoms with Gasteiger partial charge in [0.2, 0.25) is 0 Å². The summed E-state index contributed by atoms with van der Waals surface area (Å²) in [5, 5.41) is 5.81. The van der Waals surface area contributed by atoms with E-state index in [0.29, 0.717) is 22.8 Å². The predicted molar refractivity (Wildman–Crippen MR) is 109 cm³/mol. The number of nitrogens with one attached hydrogen (secondary N) is 2. The topological polar surface area (TPSA) is 58.2 Å². The standard InChI is InChI=1S/C22H22N2O2S/c25-21(23-15-13-17-7-3-1-4-8-17)19-11-12-20(27-19)22(26)24-16-14-18-9-5-2-6-10-18/h1-12H,13-16H2,(H,23,25)(H,24,26). The summed E-state index contributed by atoms with van der Waals surface area (Å²) in [6.45, 7) is 1.14. The molecule has 0 bridgehead atoms. The van der Waals surface area contributed by atoms with Crippen molar-refractivity contribution in [2.45, 2.75) is 12.8 Å². The van der Waals surface area contributed by atoms with E-state index in [0.717, 1.165) is 12.8 Å². The van der Waals surface area contributed by atoms with Crippen molar-refractivity contribution in [2.24, 2.45) is 0 Å². The van der Waals surface area contributed by atoms with Gasteiger partial charge in [-0.3, -0.25) is 9.59 Å². The number of benzene rings is 2. The third-order valence-electron chi connectivity index (χ3n) is 4.14. The summed E-state index contributed by atoms with van der Waals surface area (Å²) in [7, 11) is 0. The van der Waals surface area contributed by atoms with E-state index in [-0.39, 0.29) is 11.8 Å². The van der Waals surface area contributed by atoms with Crippen LogP contribution in [0.5, 0.6) is 0 Å². The highest BCUT2D eigenvalue weighted by atomic mass is 32.1. The highest BCUT2D eigenvalue weighted by Gasteiger charge is 2.13. The molecule has 2 amide bonds. The molecule has 0 aliphatic rings. The monoisotopic (exact) mass is 378 g/mol.